The normalized spacial score (nSPS) is 10.0. The number of anilines is 1. The quantitative estimate of drug-likeness (QED) is 0.877. The number of hydrogen-bond acceptors (Lipinski definition) is 4. The molecule has 0 saturated carbocycles. The monoisotopic (exact) mass is 279 g/mol. The fourth-order valence-corrected chi connectivity index (χ4v) is 1.66. The van der Waals surface area contributed by atoms with Gasteiger partial charge in [-0.15, -0.1) is 0 Å². The van der Waals surface area contributed by atoms with Gasteiger partial charge in [-0.2, -0.15) is 0 Å². The van der Waals surface area contributed by atoms with E-state index in [-0.39, 0.29) is 16.5 Å². The lowest BCUT2D eigenvalue weighted by molar-refractivity contribution is 0.0600. The Hall–Kier alpha value is -2.27. The second kappa shape index (κ2) is 5.58. The molecule has 6 heteroatoms. The Morgan fingerprint density at radius 2 is 2.11 bits per heavy atom. The summed E-state index contributed by atoms with van der Waals surface area (Å²) < 4.78 is 9.41. The molecule has 19 heavy (non-hydrogen) atoms. The van der Waals surface area contributed by atoms with Crippen LogP contribution in [-0.4, -0.2) is 19.0 Å². The fourth-order valence-electron chi connectivity index (χ4n) is 1.47. The van der Waals surface area contributed by atoms with Gasteiger partial charge in [0.25, 0.3) is 5.91 Å². The average molecular weight is 280 g/mol. The summed E-state index contributed by atoms with van der Waals surface area (Å²) in [6.45, 7) is 0. The van der Waals surface area contributed by atoms with Gasteiger partial charge >= 0.3 is 5.97 Å². The van der Waals surface area contributed by atoms with E-state index in [2.05, 4.69) is 10.1 Å². The molecule has 2 rings (SSSR count). The minimum Gasteiger partial charge on any atom is -0.472 e. The minimum atomic E-state index is -0.565. The van der Waals surface area contributed by atoms with Crippen LogP contribution in [0, 0.1) is 0 Å². The van der Waals surface area contributed by atoms with Crippen LogP contribution < -0.4 is 5.32 Å². The lowest BCUT2D eigenvalue weighted by Crippen LogP contribution is -2.12. The Morgan fingerprint density at radius 1 is 1.32 bits per heavy atom. The number of carbonyl (C=O) groups excluding carboxylic acids is 2. The van der Waals surface area contributed by atoms with Crippen LogP contribution in [0.15, 0.2) is 41.2 Å². The molecule has 0 aliphatic heterocycles. The van der Waals surface area contributed by atoms with Crippen molar-refractivity contribution in [2.75, 3.05) is 12.4 Å². The summed E-state index contributed by atoms with van der Waals surface area (Å²) in [4.78, 5) is 23.3. The zero-order valence-corrected chi connectivity index (χ0v) is 10.7. The molecule has 0 radical (unpaired) electrons. The van der Waals surface area contributed by atoms with E-state index in [4.69, 9.17) is 16.0 Å². The van der Waals surface area contributed by atoms with Crippen LogP contribution in [0.5, 0.6) is 0 Å². The highest BCUT2D eigenvalue weighted by Gasteiger charge is 2.13. The molecule has 1 heterocycles. The van der Waals surface area contributed by atoms with Gasteiger partial charge in [0, 0.05) is 5.69 Å². The van der Waals surface area contributed by atoms with E-state index >= 15 is 0 Å². The summed E-state index contributed by atoms with van der Waals surface area (Å²) in [6, 6.07) is 6.09. The van der Waals surface area contributed by atoms with Crippen LogP contribution in [0.4, 0.5) is 5.69 Å². The Morgan fingerprint density at radius 3 is 2.74 bits per heavy atom. The number of amides is 1. The van der Waals surface area contributed by atoms with Crippen LogP contribution in [0.1, 0.15) is 20.7 Å². The number of rotatable bonds is 3. The standard InChI is InChI=1S/C13H10ClNO4/c1-18-13(17)10-6-9(2-3-11(10)14)15-12(16)8-4-5-19-7-8/h2-7H,1H3,(H,15,16). The van der Waals surface area contributed by atoms with Crippen molar-refractivity contribution >= 4 is 29.2 Å². The maximum absolute atomic E-state index is 11.8. The maximum atomic E-state index is 11.8. The number of hydrogen-bond donors (Lipinski definition) is 1. The largest absolute Gasteiger partial charge is 0.472 e. The van der Waals surface area contributed by atoms with E-state index in [1.807, 2.05) is 0 Å². The molecule has 0 fully saturated rings. The zero-order chi connectivity index (χ0) is 13.8. The van der Waals surface area contributed by atoms with E-state index in [1.54, 1.807) is 6.07 Å². The van der Waals surface area contributed by atoms with Crippen molar-refractivity contribution in [3.05, 3.63) is 52.9 Å². The third kappa shape index (κ3) is 2.95. The molecule has 1 N–H and O–H groups in total. The van der Waals surface area contributed by atoms with Gasteiger partial charge in [0.2, 0.25) is 0 Å². The Bertz CT molecular complexity index is 607. The molecule has 5 nitrogen and oxygen atoms in total. The van der Waals surface area contributed by atoms with Crippen LogP contribution in [0.2, 0.25) is 5.02 Å². The van der Waals surface area contributed by atoms with Crippen LogP contribution in [-0.2, 0) is 4.74 Å². The number of benzene rings is 1. The minimum absolute atomic E-state index is 0.189. The molecule has 1 amide bonds. The number of carbonyl (C=O) groups is 2. The van der Waals surface area contributed by atoms with Crippen molar-refractivity contribution in [2.24, 2.45) is 0 Å². The third-order valence-corrected chi connectivity index (χ3v) is 2.74. The van der Waals surface area contributed by atoms with Crippen molar-refractivity contribution in [3.63, 3.8) is 0 Å². The van der Waals surface area contributed by atoms with Gasteiger partial charge in [-0.3, -0.25) is 4.79 Å². The summed E-state index contributed by atoms with van der Waals surface area (Å²) >= 11 is 5.88. The second-order valence-corrected chi connectivity index (χ2v) is 4.06. The highest BCUT2D eigenvalue weighted by atomic mass is 35.5. The molecule has 0 atom stereocenters. The van der Waals surface area contributed by atoms with Gasteiger partial charge in [0.15, 0.2) is 0 Å². The summed E-state index contributed by atoms with van der Waals surface area (Å²) in [7, 11) is 1.26. The first-order chi connectivity index (χ1) is 9.11. The van der Waals surface area contributed by atoms with Crippen molar-refractivity contribution in [3.8, 4) is 0 Å². The number of halogens is 1. The summed E-state index contributed by atoms with van der Waals surface area (Å²) in [5, 5.41) is 2.88. The molecule has 0 aliphatic carbocycles. The predicted molar refractivity (Wildman–Crippen MR) is 69.5 cm³/mol. The highest BCUT2D eigenvalue weighted by molar-refractivity contribution is 6.33. The second-order valence-electron chi connectivity index (χ2n) is 3.65. The van der Waals surface area contributed by atoms with Crippen molar-refractivity contribution in [1.29, 1.82) is 0 Å². The lowest BCUT2D eigenvalue weighted by atomic mass is 10.2. The summed E-state index contributed by atoms with van der Waals surface area (Å²) in [5.74, 6) is -0.906. The topological polar surface area (TPSA) is 68.5 Å². The Kier molecular flexibility index (Phi) is 3.87. The van der Waals surface area contributed by atoms with Crippen LogP contribution >= 0.6 is 11.6 Å². The molecule has 0 spiro atoms. The predicted octanol–water partition coefficient (Wildman–Crippen LogP) is 2.97. The molecule has 0 aliphatic rings. The molecule has 1 aromatic carbocycles. The zero-order valence-electron chi connectivity index (χ0n) is 9.98. The van der Waals surface area contributed by atoms with Gasteiger partial charge in [-0.05, 0) is 24.3 Å². The number of methoxy groups -OCH3 is 1. The number of nitrogens with one attached hydrogen (secondary N) is 1. The van der Waals surface area contributed by atoms with Gasteiger partial charge < -0.3 is 14.5 Å². The molecule has 0 unspecified atom stereocenters. The molecule has 2 aromatic rings. The molecule has 0 saturated heterocycles. The number of ether oxygens (including phenoxy) is 1. The van der Waals surface area contributed by atoms with Crippen molar-refractivity contribution < 1.29 is 18.7 Å². The first-order valence-corrected chi connectivity index (χ1v) is 5.71. The number of esters is 1. The van der Waals surface area contributed by atoms with Crippen LogP contribution in [0.3, 0.4) is 0 Å². The maximum Gasteiger partial charge on any atom is 0.339 e. The van der Waals surface area contributed by atoms with Gasteiger partial charge in [0.1, 0.15) is 6.26 Å². The Labute approximate surface area is 114 Å². The van der Waals surface area contributed by atoms with Gasteiger partial charge in [0.05, 0.1) is 29.5 Å². The molecular formula is C13H10ClNO4. The first-order valence-electron chi connectivity index (χ1n) is 5.33. The SMILES string of the molecule is COC(=O)c1cc(NC(=O)c2ccoc2)ccc1Cl. The van der Waals surface area contributed by atoms with E-state index in [0.717, 1.165) is 0 Å². The first kappa shape index (κ1) is 13.2. The van der Waals surface area contributed by atoms with Crippen molar-refractivity contribution in [1.82, 2.24) is 0 Å². The third-order valence-electron chi connectivity index (χ3n) is 2.41. The van der Waals surface area contributed by atoms with Gasteiger partial charge in [-0.1, -0.05) is 11.6 Å². The van der Waals surface area contributed by atoms with E-state index in [1.165, 1.54) is 37.8 Å². The van der Waals surface area contributed by atoms with Gasteiger partial charge in [-0.25, -0.2) is 4.79 Å². The average Bonchev–Trinajstić information content (AvgIpc) is 2.94. The molecule has 0 bridgehead atoms. The number of furan rings is 1. The van der Waals surface area contributed by atoms with E-state index in [0.29, 0.717) is 11.3 Å². The fraction of sp³-hybridized carbons (Fsp3) is 0.0769. The van der Waals surface area contributed by atoms with E-state index < -0.39 is 5.97 Å². The smallest absolute Gasteiger partial charge is 0.339 e. The lowest BCUT2D eigenvalue weighted by Gasteiger charge is -2.07. The molecule has 98 valence electrons. The van der Waals surface area contributed by atoms with Crippen molar-refractivity contribution in [2.45, 2.75) is 0 Å². The van der Waals surface area contributed by atoms with E-state index in [9.17, 15) is 9.59 Å². The van der Waals surface area contributed by atoms with Crippen LogP contribution in [0.25, 0.3) is 0 Å². The molecule has 1 aromatic heterocycles. The summed E-state index contributed by atoms with van der Waals surface area (Å²) in [5.41, 5.74) is 1.01. The molecular weight excluding hydrogens is 270 g/mol. The summed E-state index contributed by atoms with van der Waals surface area (Å²) in [6.07, 6.45) is 2.73. The highest BCUT2D eigenvalue weighted by Crippen LogP contribution is 2.21. The Balaban J connectivity index is 2.22.